The number of ketones is 1. The molecule has 0 aliphatic carbocycles. The van der Waals surface area contributed by atoms with Gasteiger partial charge in [-0.25, -0.2) is 0 Å². The second-order valence-electron chi connectivity index (χ2n) is 6.18. The first kappa shape index (κ1) is 14.5. The average molecular weight is 266 g/mol. The first-order valence-corrected chi connectivity index (χ1v) is 7.16. The maximum Gasteiger partial charge on any atom is 0.193 e. The summed E-state index contributed by atoms with van der Waals surface area (Å²) in [5.74, 6) is 0.117. The van der Waals surface area contributed by atoms with E-state index < -0.39 is 0 Å². The molecule has 0 spiro atoms. The molecule has 0 bridgehead atoms. The second kappa shape index (κ2) is 5.62. The van der Waals surface area contributed by atoms with Gasteiger partial charge in [0.05, 0.1) is 0 Å². The van der Waals surface area contributed by atoms with Gasteiger partial charge in [-0.3, -0.25) is 4.79 Å². The quantitative estimate of drug-likeness (QED) is 0.731. The van der Waals surface area contributed by atoms with E-state index in [-0.39, 0.29) is 11.2 Å². The van der Waals surface area contributed by atoms with Crippen molar-refractivity contribution < 1.29 is 4.79 Å². The number of benzene rings is 2. The Kier molecular flexibility index (Phi) is 4.08. The fourth-order valence-corrected chi connectivity index (χ4v) is 2.42. The molecular formula is C19H22O. The topological polar surface area (TPSA) is 17.1 Å². The first-order valence-electron chi connectivity index (χ1n) is 7.16. The standard InChI is InChI=1S/C19H22O/c1-5-14-9-8-10-15(13-14)18(20)16-11-6-7-12-17(16)19(2,3)4/h6-13H,5H2,1-4H3. The van der Waals surface area contributed by atoms with Crippen LogP contribution in [0.4, 0.5) is 0 Å². The maximum atomic E-state index is 12.8. The second-order valence-corrected chi connectivity index (χ2v) is 6.18. The Hall–Kier alpha value is -1.89. The highest BCUT2D eigenvalue weighted by molar-refractivity contribution is 6.10. The highest BCUT2D eigenvalue weighted by Crippen LogP contribution is 2.27. The Bertz CT molecular complexity index is 618. The summed E-state index contributed by atoms with van der Waals surface area (Å²) < 4.78 is 0. The van der Waals surface area contributed by atoms with E-state index in [2.05, 4.69) is 39.8 Å². The molecule has 0 saturated heterocycles. The predicted molar refractivity (Wildman–Crippen MR) is 84.4 cm³/mol. The molecule has 0 saturated carbocycles. The minimum absolute atomic E-state index is 0.0331. The molecular weight excluding hydrogens is 244 g/mol. The Labute approximate surface area is 121 Å². The van der Waals surface area contributed by atoms with Crippen LogP contribution in [-0.4, -0.2) is 5.78 Å². The van der Waals surface area contributed by atoms with Crippen LogP contribution in [0, 0.1) is 0 Å². The summed E-state index contributed by atoms with van der Waals surface area (Å²) in [5, 5.41) is 0. The summed E-state index contributed by atoms with van der Waals surface area (Å²) >= 11 is 0. The van der Waals surface area contributed by atoms with E-state index in [1.54, 1.807) is 0 Å². The summed E-state index contributed by atoms with van der Waals surface area (Å²) in [5.41, 5.74) is 3.86. The van der Waals surface area contributed by atoms with Gasteiger partial charge in [0.25, 0.3) is 0 Å². The summed E-state index contributed by atoms with van der Waals surface area (Å²) in [7, 11) is 0. The fourth-order valence-electron chi connectivity index (χ4n) is 2.42. The third-order valence-electron chi connectivity index (χ3n) is 3.58. The molecule has 104 valence electrons. The zero-order valence-electron chi connectivity index (χ0n) is 12.7. The number of carbonyl (C=O) groups is 1. The third kappa shape index (κ3) is 2.98. The number of hydrogen-bond donors (Lipinski definition) is 0. The SMILES string of the molecule is CCc1cccc(C(=O)c2ccccc2C(C)(C)C)c1. The van der Waals surface area contributed by atoms with Gasteiger partial charge in [0.1, 0.15) is 0 Å². The number of rotatable bonds is 3. The van der Waals surface area contributed by atoms with Crippen molar-refractivity contribution in [2.24, 2.45) is 0 Å². The zero-order valence-corrected chi connectivity index (χ0v) is 12.7. The van der Waals surface area contributed by atoms with Crippen molar-refractivity contribution in [3.63, 3.8) is 0 Å². The van der Waals surface area contributed by atoms with E-state index in [0.29, 0.717) is 0 Å². The lowest BCUT2D eigenvalue weighted by molar-refractivity contribution is 0.103. The third-order valence-corrected chi connectivity index (χ3v) is 3.58. The molecule has 2 rings (SSSR count). The fraction of sp³-hybridized carbons (Fsp3) is 0.316. The van der Waals surface area contributed by atoms with Crippen LogP contribution in [-0.2, 0) is 11.8 Å². The molecule has 2 aromatic rings. The van der Waals surface area contributed by atoms with Gasteiger partial charge in [-0.2, -0.15) is 0 Å². The van der Waals surface area contributed by atoms with Gasteiger partial charge < -0.3 is 0 Å². The van der Waals surface area contributed by atoms with Crippen molar-refractivity contribution in [2.75, 3.05) is 0 Å². The molecule has 20 heavy (non-hydrogen) atoms. The van der Waals surface area contributed by atoms with Gasteiger partial charge in [0.2, 0.25) is 0 Å². The van der Waals surface area contributed by atoms with Crippen LogP contribution < -0.4 is 0 Å². The van der Waals surface area contributed by atoms with Crippen molar-refractivity contribution in [3.05, 3.63) is 70.8 Å². The normalized spacial score (nSPS) is 11.4. The molecule has 0 aliphatic rings. The van der Waals surface area contributed by atoms with E-state index in [1.807, 2.05) is 36.4 Å². The average Bonchev–Trinajstić information content (AvgIpc) is 2.45. The molecule has 2 aromatic carbocycles. The lowest BCUT2D eigenvalue weighted by atomic mass is 9.82. The Morgan fingerprint density at radius 2 is 1.70 bits per heavy atom. The largest absolute Gasteiger partial charge is 0.289 e. The van der Waals surface area contributed by atoms with Crippen LogP contribution in [0.3, 0.4) is 0 Å². The van der Waals surface area contributed by atoms with Gasteiger partial charge in [0.15, 0.2) is 5.78 Å². The molecule has 0 radical (unpaired) electrons. The maximum absolute atomic E-state index is 12.8. The minimum Gasteiger partial charge on any atom is -0.289 e. The highest BCUT2D eigenvalue weighted by atomic mass is 16.1. The van der Waals surface area contributed by atoms with Crippen molar-refractivity contribution in [1.82, 2.24) is 0 Å². The van der Waals surface area contributed by atoms with Crippen LogP contribution in [0.2, 0.25) is 0 Å². The van der Waals surface area contributed by atoms with E-state index in [1.165, 1.54) is 5.56 Å². The van der Waals surface area contributed by atoms with Crippen molar-refractivity contribution in [3.8, 4) is 0 Å². The van der Waals surface area contributed by atoms with E-state index in [4.69, 9.17) is 0 Å². The molecule has 0 amide bonds. The van der Waals surface area contributed by atoms with Gasteiger partial charge in [-0.1, -0.05) is 70.2 Å². The van der Waals surface area contributed by atoms with Gasteiger partial charge >= 0.3 is 0 Å². The van der Waals surface area contributed by atoms with E-state index in [9.17, 15) is 4.79 Å². The van der Waals surface area contributed by atoms with E-state index in [0.717, 1.165) is 23.1 Å². The predicted octanol–water partition coefficient (Wildman–Crippen LogP) is 4.78. The molecule has 0 aliphatic heterocycles. The molecule has 0 unspecified atom stereocenters. The summed E-state index contributed by atoms with van der Waals surface area (Å²) in [6, 6.07) is 15.9. The van der Waals surface area contributed by atoms with Crippen LogP contribution >= 0.6 is 0 Å². The minimum atomic E-state index is -0.0331. The van der Waals surface area contributed by atoms with E-state index >= 15 is 0 Å². The van der Waals surface area contributed by atoms with Crippen molar-refractivity contribution in [2.45, 2.75) is 39.5 Å². The van der Waals surface area contributed by atoms with Crippen LogP contribution in [0.15, 0.2) is 48.5 Å². The number of carbonyl (C=O) groups excluding carboxylic acids is 1. The van der Waals surface area contributed by atoms with Crippen LogP contribution in [0.25, 0.3) is 0 Å². The lowest BCUT2D eigenvalue weighted by Crippen LogP contribution is -2.17. The molecule has 0 N–H and O–H groups in total. The van der Waals surface area contributed by atoms with Crippen molar-refractivity contribution in [1.29, 1.82) is 0 Å². The molecule has 0 aromatic heterocycles. The molecule has 1 heteroatoms. The molecule has 0 atom stereocenters. The smallest absolute Gasteiger partial charge is 0.193 e. The number of aryl methyl sites for hydroxylation is 1. The lowest BCUT2D eigenvalue weighted by Gasteiger charge is -2.22. The van der Waals surface area contributed by atoms with Gasteiger partial charge in [0, 0.05) is 11.1 Å². The van der Waals surface area contributed by atoms with Gasteiger partial charge in [-0.05, 0) is 29.0 Å². The molecule has 0 heterocycles. The Balaban J connectivity index is 2.48. The van der Waals surface area contributed by atoms with Gasteiger partial charge in [-0.15, -0.1) is 0 Å². The summed E-state index contributed by atoms with van der Waals surface area (Å²) in [6.07, 6.45) is 0.946. The van der Waals surface area contributed by atoms with Crippen LogP contribution in [0.5, 0.6) is 0 Å². The Morgan fingerprint density at radius 3 is 2.35 bits per heavy atom. The first-order chi connectivity index (χ1) is 9.43. The van der Waals surface area contributed by atoms with Crippen molar-refractivity contribution >= 4 is 5.78 Å². The summed E-state index contributed by atoms with van der Waals surface area (Å²) in [4.78, 5) is 12.8. The molecule has 0 fully saturated rings. The Morgan fingerprint density at radius 1 is 1.00 bits per heavy atom. The van der Waals surface area contributed by atoms with Crippen LogP contribution in [0.1, 0.15) is 54.7 Å². The monoisotopic (exact) mass is 266 g/mol. The molecule has 1 nitrogen and oxygen atoms in total. The highest BCUT2D eigenvalue weighted by Gasteiger charge is 2.21. The zero-order chi connectivity index (χ0) is 14.8. The summed E-state index contributed by atoms with van der Waals surface area (Å²) in [6.45, 7) is 8.53. The number of hydrogen-bond acceptors (Lipinski definition) is 1.